The van der Waals surface area contributed by atoms with Crippen LogP contribution < -0.4 is 10.6 Å². The second-order valence-electron chi connectivity index (χ2n) is 5.44. The van der Waals surface area contributed by atoms with Gasteiger partial charge in [-0.25, -0.2) is 4.98 Å². The molecular weight excluding hydrogens is 338 g/mol. The minimum Gasteiger partial charge on any atom is -0.459 e. The Labute approximate surface area is 148 Å². The van der Waals surface area contributed by atoms with E-state index < -0.39 is 0 Å². The molecule has 2 N–H and O–H groups in total. The predicted octanol–water partition coefficient (Wildman–Crippen LogP) is 3.25. The van der Waals surface area contributed by atoms with Crippen molar-refractivity contribution < 1.29 is 14.0 Å². The normalized spacial score (nSPS) is 10.5. The van der Waals surface area contributed by atoms with Crippen LogP contribution in [0.2, 0.25) is 0 Å². The van der Waals surface area contributed by atoms with Gasteiger partial charge in [-0.1, -0.05) is 6.07 Å². The Morgan fingerprint density at radius 2 is 2.08 bits per heavy atom. The van der Waals surface area contributed by atoms with Crippen molar-refractivity contribution in [1.82, 2.24) is 10.3 Å². The number of benzene rings is 1. The minimum absolute atomic E-state index is 0.153. The van der Waals surface area contributed by atoms with Gasteiger partial charge in [0.25, 0.3) is 5.91 Å². The van der Waals surface area contributed by atoms with Crippen molar-refractivity contribution in [1.29, 1.82) is 0 Å². The predicted molar refractivity (Wildman–Crippen MR) is 96.7 cm³/mol. The molecule has 0 atom stereocenters. The summed E-state index contributed by atoms with van der Waals surface area (Å²) in [6, 6.07) is 10.5. The zero-order valence-corrected chi connectivity index (χ0v) is 14.6. The number of hydrogen-bond acceptors (Lipinski definition) is 5. The van der Waals surface area contributed by atoms with Gasteiger partial charge in [-0.3, -0.25) is 9.59 Å². The second-order valence-corrected chi connectivity index (χ2v) is 6.30. The molecule has 7 heteroatoms. The number of carbonyl (C=O) groups excluding carboxylic acids is 2. The number of amides is 2. The van der Waals surface area contributed by atoms with E-state index in [9.17, 15) is 9.59 Å². The maximum absolute atomic E-state index is 12.2. The van der Waals surface area contributed by atoms with Gasteiger partial charge in [-0.2, -0.15) is 0 Å². The average Bonchev–Trinajstić information content (AvgIpc) is 3.23. The zero-order valence-electron chi connectivity index (χ0n) is 13.8. The first-order valence-electron chi connectivity index (χ1n) is 7.68. The Bertz CT molecular complexity index is 914. The first kappa shape index (κ1) is 16.9. The topological polar surface area (TPSA) is 84.2 Å². The van der Waals surface area contributed by atoms with Gasteiger partial charge in [0.2, 0.25) is 5.91 Å². The Hall–Kier alpha value is -2.93. The standard InChI is InChI=1S/C18H17N3O3S/c1-11-6-7-15(24-11)18-21-14(10-25-18)9-16(22)20-13-5-3-4-12(8-13)17(23)19-2/h3-8,10H,9H2,1-2H3,(H,19,23)(H,20,22). The summed E-state index contributed by atoms with van der Waals surface area (Å²) in [7, 11) is 1.56. The number of hydrogen-bond donors (Lipinski definition) is 2. The fourth-order valence-electron chi connectivity index (χ4n) is 2.30. The molecule has 0 aliphatic carbocycles. The summed E-state index contributed by atoms with van der Waals surface area (Å²) in [4.78, 5) is 28.3. The van der Waals surface area contributed by atoms with Crippen LogP contribution >= 0.6 is 11.3 Å². The maximum atomic E-state index is 12.2. The fraction of sp³-hybridized carbons (Fsp3) is 0.167. The summed E-state index contributed by atoms with van der Waals surface area (Å²) in [6.45, 7) is 1.87. The highest BCUT2D eigenvalue weighted by Crippen LogP contribution is 2.25. The molecule has 128 valence electrons. The summed E-state index contributed by atoms with van der Waals surface area (Å²) in [5.74, 6) is 1.13. The van der Waals surface area contributed by atoms with Gasteiger partial charge in [0.15, 0.2) is 10.8 Å². The molecule has 3 aromatic rings. The molecule has 0 unspecified atom stereocenters. The zero-order chi connectivity index (χ0) is 17.8. The van der Waals surface area contributed by atoms with E-state index in [1.54, 1.807) is 31.3 Å². The van der Waals surface area contributed by atoms with Crippen molar-refractivity contribution in [3.05, 3.63) is 58.8 Å². The SMILES string of the molecule is CNC(=O)c1cccc(NC(=O)Cc2csc(-c3ccc(C)o3)n2)c1. The summed E-state index contributed by atoms with van der Waals surface area (Å²) in [5.41, 5.74) is 1.74. The Balaban J connectivity index is 1.65. The first-order chi connectivity index (χ1) is 12.0. The van der Waals surface area contributed by atoms with Crippen LogP contribution in [0.3, 0.4) is 0 Å². The van der Waals surface area contributed by atoms with Gasteiger partial charge < -0.3 is 15.1 Å². The number of thiazole rings is 1. The number of nitrogens with zero attached hydrogens (tertiary/aromatic N) is 1. The minimum atomic E-state index is -0.200. The van der Waals surface area contributed by atoms with Crippen LogP contribution in [-0.2, 0) is 11.2 Å². The Morgan fingerprint density at radius 3 is 2.80 bits per heavy atom. The molecule has 0 bridgehead atoms. The van der Waals surface area contributed by atoms with Gasteiger partial charge in [0.1, 0.15) is 5.76 Å². The smallest absolute Gasteiger partial charge is 0.251 e. The van der Waals surface area contributed by atoms with Crippen LogP contribution in [0, 0.1) is 6.92 Å². The molecule has 2 amide bonds. The molecule has 2 aromatic heterocycles. The summed E-state index contributed by atoms with van der Waals surface area (Å²) in [5, 5.41) is 7.93. The molecule has 6 nitrogen and oxygen atoms in total. The molecule has 0 fully saturated rings. The molecular formula is C18H17N3O3S. The van der Waals surface area contributed by atoms with Gasteiger partial charge in [0.05, 0.1) is 12.1 Å². The number of aromatic nitrogens is 1. The molecule has 0 saturated carbocycles. The molecule has 0 aliphatic rings. The quantitative estimate of drug-likeness (QED) is 0.736. The highest BCUT2D eigenvalue weighted by atomic mass is 32.1. The van der Waals surface area contributed by atoms with E-state index in [2.05, 4.69) is 15.6 Å². The van der Waals surface area contributed by atoms with Crippen molar-refractivity contribution >= 4 is 28.8 Å². The number of anilines is 1. The van der Waals surface area contributed by atoms with E-state index in [0.29, 0.717) is 22.7 Å². The van der Waals surface area contributed by atoms with Gasteiger partial charge in [-0.15, -0.1) is 11.3 Å². The highest BCUT2D eigenvalue weighted by Gasteiger charge is 2.12. The molecule has 0 radical (unpaired) electrons. The molecule has 25 heavy (non-hydrogen) atoms. The van der Waals surface area contributed by atoms with E-state index in [-0.39, 0.29) is 18.2 Å². The molecule has 0 aliphatic heterocycles. The van der Waals surface area contributed by atoms with E-state index in [0.717, 1.165) is 10.8 Å². The number of nitrogens with one attached hydrogen (secondary N) is 2. The summed E-state index contributed by atoms with van der Waals surface area (Å²) in [6.07, 6.45) is 0.153. The fourth-order valence-corrected chi connectivity index (χ4v) is 3.08. The number of aryl methyl sites for hydroxylation is 1. The van der Waals surface area contributed by atoms with E-state index in [1.807, 2.05) is 24.4 Å². The Kier molecular flexibility index (Phi) is 4.95. The van der Waals surface area contributed by atoms with Gasteiger partial charge in [-0.05, 0) is 37.3 Å². The molecule has 1 aromatic carbocycles. The molecule has 2 heterocycles. The van der Waals surface area contributed by atoms with Crippen LogP contribution in [-0.4, -0.2) is 23.8 Å². The average molecular weight is 355 g/mol. The van der Waals surface area contributed by atoms with E-state index >= 15 is 0 Å². The van der Waals surface area contributed by atoms with E-state index in [1.165, 1.54) is 11.3 Å². The van der Waals surface area contributed by atoms with Crippen LogP contribution in [0.5, 0.6) is 0 Å². The van der Waals surface area contributed by atoms with Gasteiger partial charge in [0, 0.05) is 23.7 Å². The van der Waals surface area contributed by atoms with E-state index in [4.69, 9.17) is 4.42 Å². The van der Waals surface area contributed by atoms with Gasteiger partial charge >= 0.3 is 0 Å². The molecule has 0 saturated heterocycles. The summed E-state index contributed by atoms with van der Waals surface area (Å²) < 4.78 is 5.54. The van der Waals surface area contributed by atoms with Crippen LogP contribution in [0.15, 0.2) is 46.2 Å². The lowest BCUT2D eigenvalue weighted by molar-refractivity contribution is -0.115. The van der Waals surface area contributed by atoms with Crippen LogP contribution in [0.25, 0.3) is 10.8 Å². The summed E-state index contributed by atoms with van der Waals surface area (Å²) >= 11 is 1.44. The highest BCUT2D eigenvalue weighted by molar-refractivity contribution is 7.13. The second kappa shape index (κ2) is 7.31. The monoisotopic (exact) mass is 355 g/mol. The lowest BCUT2D eigenvalue weighted by atomic mass is 10.2. The third kappa shape index (κ3) is 4.13. The molecule has 0 spiro atoms. The lowest BCUT2D eigenvalue weighted by Gasteiger charge is -2.06. The third-order valence-electron chi connectivity index (χ3n) is 3.48. The number of furan rings is 1. The van der Waals surface area contributed by atoms with Crippen LogP contribution in [0.4, 0.5) is 5.69 Å². The third-order valence-corrected chi connectivity index (χ3v) is 4.39. The molecule has 3 rings (SSSR count). The number of carbonyl (C=O) groups is 2. The largest absolute Gasteiger partial charge is 0.459 e. The van der Waals surface area contributed by atoms with Crippen molar-refractivity contribution in [2.24, 2.45) is 0 Å². The first-order valence-corrected chi connectivity index (χ1v) is 8.56. The Morgan fingerprint density at radius 1 is 1.24 bits per heavy atom. The lowest BCUT2D eigenvalue weighted by Crippen LogP contribution is -2.19. The number of rotatable bonds is 5. The maximum Gasteiger partial charge on any atom is 0.251 e. The van der Waals surface area contributed by atoms with Crippen molar-refractivity contribution in [2.45, 2.75) is 13.3 Å². The van der Waals surface area contributed by atoms with Crippen LogP contribution in [0.1, 0.15) is 21.8 Å². The van der Waals surface area contributed by atoms with Crippen molar-refractivity contribution in [3.8, 4) is 10.8 Å². The van der Waals surface area contributed by atoms with Crippen molar-refractivity contribution in [2.75, 3.05) is 12.4 Å². The van der Waals surface area contributed by atoms with Crippen molar-refractivity contribution in [3.63, 3.8) is 0 Å².